The van der Waals surface area contributed by atoms with Crippen molar-refractivity contribution in [3.8, 4) is 0 Å². The van der Waals surface area contributed by atoms with Crippen molar-refractivity contribution in [3.05, 3.63) is 36.1 Å². The molecule has 0 aliphatic carbocycles. The number of furan rings is 1. The van der Waals surface area contributed by atoms with Crippen LogP contribution in [0.15, 0.2) is 34.7 Å². The highest BCUT2D eigenvalue weighted by Crippen LogP contribution is 2.29. The summed E-state index contributed by atoms with van der Waals surface area (Å²) < 4.78 is 16.0. The van der Waals surface area contributed by atoms with Crippen LogP contribution in [-0.2, 0) is 19.1 Å². The normalized spacial score (nSPS) is 12.1. The van der Waals surface area contributed by atoms with E-state index in [0.717, 1.165) is 5.39 Å². The quantitative estimate of drug-likeness (QED) is 0.728. The molecule has 0 fully saturated rings. The lowest BCUT2D eigenvalue weighted by atomic mass is 10.1. The molecule has 0 bridgehead atoms. The standard InChI is InChI=1S/C17H20O5/c1-3-7-16(18)22-15(11-17(19)20-4-2)14-10-12-8-5-6-9-13(12)21-14/h5-6,8-10,15H,3-4,7,11H2,1-2H3/t15-/m0/s1. The van der Waals surface area contributed by atoms with Gasteiger partial charge in [-0.05, 0) is 25.5 Å². The molecule has 2 rings (SSSR count). The van der Waals surface area contributed by atoms with Crippen molar-refractivity contribution in [1.29, 1.82) is 0 Å². The first kappa shape index (κ1) is 16.1. The van der Waals surface area contributed by atoms with Crippen molar-refractivity contribution in [3.63, 3.8) is 0 Å². The van der Waals surface area contributed by atoms with Crippen LogP contribution in [0.4, 0.5) is 0 Å². The molecule has 5 nitrogen and oxygen atoms in total. The lowest BCUT2D eigenvalue weighted by Gasteiger charge is -2.14. The van der Waals surface area contributed by atoms with Crippen molar-refractivity contribution >= 4 is 22.9 Å². The molecule has 0 saturated heterocycles. The molecule has 5 heteroatoms. The predicted molar refractivity (Wildman–Crippen MR) is 81.2 cm³/mol. The van der Waals surface area contributed by atoms with Crippen LogP contribution in [0.2, 0.25) is 0 Å². The van der Waals surface area contributed by atoms with Gasteiger partial charge in [0.1, 0.15) is 11.3 Å². The molecule has 118 valence electrons. The Morgan fingerprint density at radius 2 is 1.95 bits per heavy atom. The Labute approximate surface area is 129 Å². The van der Waals surface area contributed by atoms with Gasteiger partial charge in [-0.15, -0.1) is 0 Å². The second-order valence-electron chi connectivity index (χ2n) is 4.92. The van der Waals surface area contributed by atoms with Crippen molar-refractivity contribution in [2.75, 3.05) is 6.61 Å². The number of carbonyl (C=O) groups excluding carboxylic acids is 2. The van der Waals surface area contributed by atoms with Gasteiger partial charge in [-0.25, -0.2) is 0 Å². The van der Waals surface area contributed by atoms with E-state index in [1.165, 1.54) is 0 Å². The first-order valence-electron chi connectivity index (χ1n) is 7.47. The second kappa shape index (κ2) is 7.64. The Morgan fingerprint density at radius 1 is 1.18 bits per heavy atom. The summed E-state index contributed by atoms with van der Waals surface area (Å²) in [7, 11) is 0. The number of benzene rings is 1. The topological polar surface area (TPSA) is 65.7 Å². The summed E-state index contributed by atoms with van der Waals surface area (Å²) in [5.74, 6) is -0.312. The van der Waals surface area contributed by atoms with E-state index in [-0.39, 0.29) is 19.0 Å². The fourth-order valence-corrected chi connectivity index (χ4v) is 2.15. The molecule has 0 aliphatic rings. The maximum absolute atomic E-state index is 11.8. The number of para-hydroxylation sites is 1. The van der Waals surface area contributed by atoms with Crippen molar-refractivity contribution in [2.45, 2.75) is 39.2 Å². The van der Waals surface area contributed by atoms with Crippen LogP contribution in [0.1, 0.15) is 45.0 Å². The molecule has 0 unspecified atom stereocenters. The van der Waals surface area contributed by atoms with Gasteiger partial charge in [0.2, 0.25) is 0 Å². The van der Waals surface area contributed by atoms with E-state index >= 15 is 0 Å². The number of esters is 2. The Balaban J connectivity index is 2.21. The van der Waals surface area contributed by atoms with Gasteiger partial charge in [0.15, 0.2) is 6.10 Å². The van der Waals surface area contributed by atoms with E-state index in [0.29, 0.717) is 24.2 Å². The third-order valence-electron chi connectivity index (χ3n) is 3.15. The molecule has 1 aromatic carbocycles. The summed E-state index contributed by atoms with van der Waals surface area (Å²) in [6, 6.07) is 9.27. The van der Waals surface area contributed by atoms with Gasteiger partial charge >= 0.3 is 11.9 Å². The van der Waals surface area contributed by atoms with E-state index in [1.54, 1.807) is 13.0 Å². The number of hydrogen-bond acceptors (Lipinski definition) is 5. The van der Waals surface area contributed by atoms with Crippen LogP contribution in [0.5, 0.6) is 0 Å². The van der Waals surface area contributed by atoms with Crippen LogP contribution in [0.25, 0.3) is 11.0 Å². The zero-order valence-corrected chi connectivity index (χ0v) is 12.8. The molecule has 1 atom stereocenters. The smallest absolute Gasteiger partial charge is 0.310 e. The maximum atomic E-state index is 11.8. The Morgan fingerprint density at radius 3 is 2.64 bits per heavy atom. The first-order valence-corrected chi connectivity index (χ1v) is 7.47. The molecule has 0 radical (unpaired) electrons. The van der Waals surface area contributed by atoms with Gasteiger partial charge in [-0.1, -0.05) is 25.1 Å². The fraction of sp³-hybridized carbons (Fsp3) is 0.412. The molecule has 1 heterocycles. The summed E-state index contributed by atoms with van der Waals surface area (Å²) in [5.41, 5.74) is 0.692. The number of fused-ring (bicyclic) bond motifs is 1. The highest BCUT2D eigenvalue weighted by molar-refractivity contribution is 5.78. The summed E-state index contributed by atoms with van der Waals surface area (Å²) in [6.07, 6.45) is 0.179. The molecular formula is C17H20O5. The third kappa shape index (κ3) is 4.10. The van der Waals surface area contributed by atoms with Gasteiger partial charge in [0.05, 0.1) is 13.0 Å². The molecule has 22 heavy (non-hydrogen) atoms. The van der Waals surface area contributed by atoms with Gasteiger partial charge in [-0.3, -0.25) is 9.59 Å². The Hall–Kier alpha value is -2.30. The van der Waals surface area contributed by atoms with E-state index in [2.05, 4.69) is 0 Å². The minimum atomic E-state index is -0.759. The summed E-state index contributed by atoms with van der Waals surface area (Å²) >= 11 is 0. The highest BCUT2D eigenvalue weighted by Gasteiger charge is 2.24. The SMILES string of the molecule is CCCC(=O)O[C@@H](CC(=O)OCC)c1cc2ccccc2o1. The number of rotatable bonds is 7. The van der Waals surface area contributed by atoms with Gasteiger partial charge < -0.3 is 13.9 Å². The molecular weight excluding hydrogens is 284 g/mol. The largest absolute Gasteiger partial charge is 0.466 e. The van der Waals surface area contributed by atoms with Crippen LogP contribution >= 0.6 is 0 Å². The van der Waals surface area contributed by atoms with E-state index in [1.807, 2.05) is 31.2 Å². The Bertz CT molecular complexity index is 590. The molecule has 1 aromatic heterocycles. The van der Waals surface area contributed by atoms with Crippen molar-refractivity contribution in [1.82, 2.24) is 0 Å². The van der Waals surface area contributed by atoms with E-state index < -0.39 is 12.1 Å². The lowest BCUT2D eigenvalue weighted by molar-refractivity contribution is -0.156. The molecule has 0 spiro atoms. The fourth-order valence-electron chi connectivity index (χ4n) is 2.15. The minimum Gasteiger partial charge on any atom is -0.466 e. The number of carbonyl (C=O) groups is 2. The predicted octanol–water partition coefficient (Wildman–Crippen LogP) is 3.77. The number of ether oxygens (including phenoxy) is 2. The maximum Gasteiger partial charge on any atom is 0.310 e. The van der Waals surface area contributed by atoms with Crippen LogP contribution < -0.4 is 0 Å². The molecule has 0 N–H and O–H groups in total. The van der Waals surface area contributed by atoms with Crippen molar-refractivity contribution in [2.24, 2.45) is 0 Å². The highest BCUT2D eigenvalue weighted by atomic mass is 16.6. The molecule has 0 saturated carbocycles. The van der Waals surface area contributed by atoms with Gasteiger partial charge in [0, 0.05) is 11.8 Å². The van der Waals surface area contributed by atoms with E-state index in [9.17, 15) is 9.59 Å². The molecule has 0 amide bonds. The average Bonchev–Trinajstić information content (AvgIpc) is 2.91. The summed E-state index contributed by atoms with van der Waals surface area (Å²) in [6.45, 7) is 3.91. The zero-order chi connectivity index (χ0) is 15.9. The zero-order valence-electron chi connectivity index (χ0n) is 12.8. The van der Waals surface area contributed by atoms with Crippen molar-refractivity contribution < 1.29 is 23.5 Å². The number of hydrogen-bond donors (Lipinski definition) is 0. The minimum absolute atomic E-state index is 0.0525. The summed E-state index contributed by atoms with van der Waals surface area (Å²) in [4.78, 5) is 23.5. The van der Waals surface area contributed by atoms with Gasteiger partial charge in [0.25, 0.3) is 0 Å². The third-order valence-corrected chi connectivity index (χ3v) is 3.15. The van der Waals surface area contributed by atoms with Crippen LogP contribution in [0.3, 0.4) is 0 Å². The van der Waals surface area contributed by atoms with E-state index in [4.69, 9.17) is 13.9 Å². The average molecular weight is 304 g/mol. The molecule has 0 aliphatic heterocycles. The van der Waals surface area contributed by atoms with Gasteiger partial charge in [-0.2, -0.15) is 0 Å². The first-order chi connectivity index (χ1) is 10.6. The van der Waals surface area contributed by atoms with Crippen LogP contribution in [-0.4, -0.2) is 18.5 Å². The molecule has 2 aromatic rings. The lowest BCUT2D eigenvalue weighted by Crippen LogP contribution is -2.16. The monoisotopic (exact) mass is 304 g/mol. The summed E-state index contributed by atoms with van der Waals surface area (Å²) in [5, 5.41) is 0.901. The van der Waals surface area contributed by atoms with Crippen LogP contribution in [0, 0.1) is 0 Å². The second-order valence-corrected chi connectivity index (χ2v) is 4.92. The Kier molecular flexibility index (Phi) is 5.58.